The highest BCUT2D eigenvalue weighted by molar-refractivity contribution is 5.67. The Morgan fingerprint density at radius 1 is 1.08 bits per heavy atom. The fraction of sp³-hybridized carbons (Fsp3) is 0.567. The lowest BCUT2D eigenvalue weighted by Gasteiger charge is -2.42. The maximum Gasteiger partial charge on any atom is 0.407 e. The van der Waals surface area contributed by atoms with Gasteiger partial charge in [-0.15, -0.1) is 0 Å². The predicted octanol–water partition coefficient (Wildman–Crippen LogP) is 2.65. The number of piperazine rings is 1. The number of hydrogen-bond acceptors (Lipinski definition) is 7. The molecule has 2 saturated heterocycles. The first kappa shape index (κ1) is 26.9. The largest absolute Gasteiger partial charge is 0.497 e. The molecule has 3 N–H and O–H groups in total. The van der Waals surface area contributed by atoms with Gasteiger partial charge in [-0.1, -0.05) is 42.5 Å². The topological polar surface area (TPSA) is 86.3 Å². The van der Waals surface area contributed by atoms with Crippen LogP contribution in [0.1, 0.15) is 30.4 Å². The zero-order valence-electron chi connectivity index (χ0n) is 22.4. The summed E-state index contributed by atoms with van der Waals surface area (Å²) in [6, 6.07) is 18.7. The first-order valence-electron chi connectivity index (χ1n) is 14.1. The van der Waals surface area contributed by atoms with E-state index in [1.807, 2.05) is 24.3 Å². The Labute approximate surface area is 226 Å². The van der Waals surface area contributed by atoms with Crippen molar-refractivity contribution >= 4 is 6.09 Å². The number of rotatable bonds is 11. The number of methoxy groups -OCH3 is 1. The summed E-state index contributed by atoms with van der Waals surface area (Å²) < 4.78 is 11.0. The lowest BCUT2D eigenvalue weighted by atomic mass is 10.0. The van der Waals surface area contributed by atoms with Gasteiger partial charge in [0.25, 0.3) is 0 Å². The molecule has 3 aliphatic rings. The van der Waals surface area contributed by atoms with Crippen LogP contribution in [0, 0.1) is 5.92 Å². The van der Waals surface area contributed by atoms with Crippen LogP contribution in [0.3, 0.4) is 0 Å². The summed E-state index contributed by atoms with van der Waals surface area (Å²) in [5.41, 5.74) is 2.42. The molecule has 2 heterocycles. The zero-order valence-corrected chi connectivity index (χ0v) is 22.4. The van der Waals surface area contributed by atoms with E-state index in [1.54, 1.807) is 7.11 Å². The number of aliphatic hydroxyl groups excluding tert-OH is 1. The summed E-state index contributed by atoms with van der Waals surface area (Å²) >= 11 is 0. The molecular weight excluding hydrogens is 480 g/mol. The summed E-state index contributed by atoms with van der Waals surface area (Å²) in [6.07, 6.45) is 2.48. The van der Waals surface area contributed by atoms with Crippen molar-refractivity contribution in [3.8, 4) is 5.75 Å². The molecular formula is C30H42N4O4. The number of amides is 1. The Hall–Kier alpha value is -2.65. The second-order valence-electron chi connectivity index (χ2n) is 11.0. The van der Waals surface area contributed by atoms with Crippen LogP contribution in [0.15, 0.2) is 54.6 Å². The van der Waals surface area contributed by atoms with Gasteiger partial charge in [0.2, 0.25) is 0 Å². The molecule has 0 aromatic heterocycles. The third-order valence-electron chi connectivity index (χ3n) is 8.10. The van der Waals surface area contributed by atoms with Crippen LogP contribution >= 0.6 is 0 Å². The van der Waals surface area contributed by atoms with E-state index in [2.05, 4.69) is 50.8 Å². The van der Waals surface area contributed by atoms with E-state index >= 15 is 0 Å². The molecule has 8 nitrogen and oxygen atoms in total. The van der Waals surface area contributed by atoms with Gasteiger partial charge >= 0.3 is 6.09 Å². The quantitative estimate of drug-likeness (QED) is 0.418. The molecule has 3 fully saturated rings. The van der Waals surface area contributed by atoms with Crippen LogP contribution in [0.25, 0.3) is 0 Å². The van der Waals surface area contributed by atoms with Crippen molar-refractivity contribution in [3.05, 3.63) is 65.7 Å². The van der Waals surface area contributed by atoms with E-state index in [9.17, 15) is 9.90 Å². The molecule has 5 rings (SSSR count). The first-order chi connectivity index (χ1) is 18.6. The number of carbonyl (C=O) groups is 1. The molecule has 2 aliphatic heterocycles. The van der Waals surface area contributed by atoms with Crippen LogP contribution in [-0.4, -0.2) is 91.7 Å². The van der Waals surface area contributed by atoms with Gasteiger partial charge in [-0.2, -0.15) is 0 Å². The molecule has 1 aliphatic carbocycles. The number of β-amino-alcohol motifs (C(OH)–C–C–N with tert-alkyl or cyclic N) is 1. The van der Waals surface area contributed by atoms with Crippen molar-refractivity contribution in [1.82, 2.24) is 20.4 Å². The Bertz CT molecular complexity index is 1020. The molecule has 8 heteroatoms. The lowest BCUT2D eigenvalue weighted by molar-refractivity contribution is 0.0181. The standard InChI is InChI=1S/C30H42N4O4/c1-37-26-11-9-22(10-12-26)17-27-29(28(35)18-32-27)38-30(36)31-14-13-25-21-33(19-24-7-8-24)15-16-34(25)20-23-5-3-2-4-6-23/h2-6,9-12,24-25,27-29,32,35H,7-8,13-21H2,1H3,(H,31,36)/t25-,27+,28-,29-/m0/s1. The van der Waals surface area contributed by atoms with Crippen molar-refractivity contribution in [3.63, 3.8) is 0 Å². The fourth-order valence-corrected chi connectivity index (χ4v) is 5.73. The Kier molecular flexibility index (Phi) is 9.17. The number of carbonyl (C=O) groups excluding carboxylic acids is 1. The highest BCUT2D eigenvalue weighted by Crippen LogP contribution is 2.30. The van der Waals surface area contributed by atoms with E-state index in [-0.39, 0.29) is 6.04 Å². The first-order valence-corrected chi connectivity index (χ1v) is 14.1. The van der Waals surface area contributed by atoms with Crippen molar-refractivity contribution in [2.75, 3.05) is 46.4 Å². The van der Waals surface area contributed by atoms with Crippen molar-refractivity contribution in [1.29, 1.82) is 0 Å². The van der Waals surface area contributed by atoms with Gasteiger partial charge in [0.15, 0.2) is 0 Å². The summed E-state index contributed by atoms with van der Waals surface area (Å²) in [7, 11) is 1.64. The highest BCUT2D eigenvalue weighted by Gasteiger charge is 2.38. The number of alkyl carbamates (subject to hydrolysis) is 1. The number of benzene rings is 2. The highest BCUT2D eigenvalue weighted by atomic mass is 16.6. The third-order valence-corrected chi connectivity index (χ3v) is 8.10. The average Bonchev–Trinajstić information content (AvgIpc) is 3.69. The van der Waals surface area contributed by atoms with Crippen LogP contribution < -0.4 is 15.4 Å². The van der Waals surface area contributed by atoms with E-state index in [0.29, 0.717) is 25.6 Å². The molecule has 1 saturated carbocycles. The predicted molar refractivity (Wildman–Crippen MR) is 147 cm³/mol. The summed E-state index contributed by atoms with van der Waals surface area (Å²) in [4.78, 5) is 17.9. The van der Waals surface area contributed by atoms with Crippen LogP contribution in [0.2, 0.25) is 0 Å². The lowest BCUT2D eigenvalue weighted by Crippen LogP contribution is -2.54. The summed E-state index contributed by atoms with van der Waals surface area (Å²) in [6.45, 7) is 6.28. The Morgan fingerprint density at radius 3 is 2.61 bits per heavy atom. The van der Waals surface area contributed by atoms with E-state index in [1.165, 1.54) is 24.9 Å². The number of hydrogen-bond donors (Lipinski definition) is 3. The molecule has 206 valence electrons. The number of ether oxygens (including phenoxy) is 2. The van der Waals surface area contributed by atoms with Gasteiger partial charge in [0, 0.05) is 51.9 Å². The van der Waals surface area contributed by atoms with Gasteiger partial charge in [0.05, 0.1) is 13.2 Å². The van der Waals surface area contributed by atoms with Crippen LogP contribution in [0.4, 0.5) is 4.79 Å². The van der Waals surface area contributed by atoms with Crippen molar-refractivity contribution in [2.45, 2.75) is 56.5 Å². The average molecular weight is 523 g/mol. The maximum atomic E-state index is 12.7. The Balaban J connectivity index is 1.12. The molecule has 0 bridgehead atoms. The number of aliphatic hydroxyl groups is 1. The van der Waals surface area contributed by atoms with Crippen molar-refractivity contribution in [2.24, 2.45) is 5.92 Å². The monoisotopic (exact) mass is 522 g/mol. The zero-order chi connectivity index (χ0) is 26.3. The minimum Gasteiger partial charge on any atom is -0.497 e. The van der Waals surface area contributed by atoms with Gasteiger partial charge in [-0.25, -0.2) is 4.79 Å². The van der Waals surface area contributed by atoms with Gasteiger partial charge in [-0.3, -0.25) is 4.90 Å². The van der Waals surface area contributed by atoms with Gasteiger partial charge in [-0.05, 0) is 54.9 Å². The molecule has 2 aromatic rings. The summed E-state index contributed by atoms with van der Waals surface area (Å²) in [5.74, 6) is 1.68. The van der Waals surface area contributed by atoms with Gasteiger partial charge in [0.1, 0.15) is 18.0 Å². The fourth-order valence-electron chi connectivity index (χ4n) is 5.73. The minimum absolute atomic E-state index is 0.139. The van der Waals surface area contributed by atoms with E-state index in [4.69, 9.17) is 9.47 Å². The molecule has 4 atom stereocenters. The molecule has 2 aromatic carbocycles. The second kappa shape index (κ2) is 12.9. The molecule has 0 radical (unpaired) electrons. The Morgan fingerprint density at radius 2 is 1.87 bits per heavy atom. The number of nitrogens with one attached hydrogen (secondary N) is 2. The van der Waals surface area contributed by atoms with Crippen LogP contribution in [-0.2, 0) is 17.7 Å². The number of nitrogens with zero attached hydrogens (tertiary/aromatic N) is 2. The van der Waals surface area contributed by atoms with E-state index in [0.717, 1.165) is 49.8 Å². The summed E-state index contributed by atoms with van der Waals surface area (Å²) in [5, 5.41) is 16.7. The SMILES string of the molecule is COc1ccc(C[C@H]2NC[C@H](O)[C@H]2OC(=O)NCC[C@H]2CN(CC3CC3)CCN2Cc2ccccc2)cc1. The molecule has 1 amide bonds. The third kappa shape index (κ3) is 7.47. The van der Waals surface area contributed by atoms with Crippen LogP contribution in [0.5, 0.6) is 5.75 Å². The van der Waals surface area contributed by atoms with E-state index < -0.39 is 18.3 Å². The molecule has 0 spiro atoms. The van der Waals surface area contributed by atoms with Crippen molar-refractivity contribution < 1.29 is 19.4 Å². The molecule has 0 unspecified atom stereocenters. The normalized spacial score (nSPS) is 26.3. The minimum atomic E-state index is -0.723. The molecule has 38 heavy (non-hydrogen) atoms. The smallest absolute Gasteiger partial charge is 0.407 e. The second-order valence-corrected chi connectivity index (χ2v) is 11.0. The van der Waals surface area contributed by atoms with Gasteiger partial charge < -0.3 is 30.1 Å². The maximum absolute atomic E-state index is 12.7.